The molecule has 11 heteroatoms. The Morgan fingerprint density at radius 2 is 1.97 bits per heavy atom. The number of nitro groups is 1. The smallest absolute Gasteiger partial charge is 0.273 e. The van der Waals surface area contributed by atoms with Gasteiger partial charge in [-0.05, 0) is 50.1 Å². The van der Waals surface area contributed by atoms with Crippen LogP contribution in [0.1, 0.15) is 24.0 Å². The van der Waals surface area contributed by atoms with E-state index in [1.54, 1.807) is 12.1 Å². The Kier molecular flexibility index (Phi) is 4.56. The molecule has 0 unspecified atom stereocenters. The molecule has 2 aromatic rings. The van der Waals surface area contributed by atoms with Crippen molar-refractivity contribution in [1.82, 2.24) is 4.90 Å². The summed E-state index contributed by atoms with van der Waals surface area (Å²) in [6.07, 6.45) is 1.47. The van der Waals surface area contributed by atoms with Gasteiger partial charge in [0.2, 0.25) is 17.7 Å². The monoisotopic (exact) mass is 496 g/mol. The third kappa shape index (κ3) is 2.61. The topological polar surface area (TPSA) is 122 Å². The van der Waals surface area contributed by atoms with Crippen molar-refractivity contribution < 1.29 is 24.0 Å². The maximum absolute atomic E-state index is 14.1. The Bertz CT molecular complexity index is 1360. The lowest BCUT2D eigenvalue weighted by Crippen LogP contribution is -2.54. The molecule has 4 atom stereocenters. The van der Waals surface area contributed by atoms with Crippen LogP contribution in [-0.2, 0) is 19.9 Å². The number of hydrogen-bond acceptors (Lipinski definition) is 7. The van der Waals surface area contributed by atoms with Gasteiger partial charge in [0.25, 0.3) is 5.69 Å². The number of anilines is 2. The maximum atomic E-state index is 14.1. The van der Waals surface area contributed by atoms with Crippen LogP contribution in [0.3, 0.4) is 0 Å². The zero-order valence-electron chi connectivity index (χ0n) is 18.9. The van der Waals surface area contributed by atoms with Crippen LogP contribution >= 0.6 is 11.6 Å². The van der Waals surface area contributed by atoms with Crippen molar-refractivity contribution in [2.24, 2.45) is 11.8 Å². The number of imide groups is 1. The molecular weight excluding hydrogens is 476 g/mol. The molecule has 6 rings (SSSR count). The zero-order chi connectivity index (χ0) is 24.8. The molecule has 0 saturated carbocycles. The van der Waals surface area contributed by atoms with Crippen molar-refractivity contribution in [2.75, 3.05) is 23.9 Å². The van der Waals surface area contributed by atoms with E-state index in [1.165, 1.54) is 25.3 Å². The number of carbonyl (C=O) groups is 3. The van der Waals surface area contributed by atoms with Crippen LogP contribution in [0.15, 0.2) is 30.3 Å². The molecule has 1 spiro atoms. The first kappa shape index (κ1) is 22.0. The predicted molar refractivity (Wildman–Crippen MR) is 125 cm³/mol. The van der Waals surface area contributed by atoms with Crippen LogP contribution < -0.4 is 15.0 Å². The first-order valence-corrected chi connectivity index (χ1v) is 11.7. The predicted octanol–water partition coefficient (Wildman–Crippen LogP) is 3.00. The number of nitro benzene ring substituents is 1. The van der Waals surface area contributed by atoms with Gasteiger partial charge in [-0.15, -0.1) is 0 Å². The van der Waals surface area contributed by atoms with Gasteiger partial charge in [0.15, 0.2) is 0 Å². The molecule has 0 aromatic heterocycles. The second-order valence-electron chi connectivity index (χ2n) is 9.40. The summed E-state index contributed by atoms with van der Waals surface area (Å²) < 4.78 is 5.32. The second kappa shape index (κ2) is 7.25. The van der Waals surface area contributed by atoms with Crippen molar-refractivity contribution in [3.05, 3.63) is 56.6 Å². The Balaban J connectivity index is 1.55. The van der Waals surface area contributed by atoms with E-state index in [0.717, 1.165) is 16.9 Å². The van der Waals surface area contributed by atoms with Gasteiger partial charge in [-0.3, -0.25) is 29.4 Å². The molecular formula is C24H21ClN4O6. The van der Waals surface area contributed by atoms with E-state index in [2.05, 4.69) is 5.32 Å². The Hall–Kier alpha value is -3.50. The number of ether oxygens (including phenoxy) is 1. The fourth-order valence-corrected chi connectivity index (χ4v) is 6.91. The molecule has 4 aliphatic rings. The van der Waals surface area contributed by atoms with E-state index < -0.39 is 34.1 Å². The van der Waals surface area contributed by atoms with Gasteiger partial charge < -0.3 is 10.1 Å². The number of aryl methyl sites for hydroxylation is 1. The number of carbonyl (C=O) groups excluding carboxylic acids is 3. The van der Waals surface area contributed by atoms with Crippen LogP contribution in [0.2, 0.25) is 5.02 Å². The third-order valence-corrected chi connectivity index (χ3v) is 8.10. The summed E-state index contributed by atoms with van der Waals surface area (Å²) in [5, 5.41) is 14.6. The van der Waals surface area contributed by atoms with Gasteiger partial charge in [0.1, 0.15) is 11.3 Å². The van der Waals surface area contributed by atoms with Crippen molar-refractivity contribution in [3.63, 3.8) is 0 Å². The van der Waals surface area contributed by atoms with E-state index in [0.29, 0.717) is 29.2 Å². The van der Waals surface area contributed by atoms with Gasteiger partial charge in [0.05, 0.1) is 35.6 Å². The minimum Gasteiger partial charge on any atom is -0.494 e. The fraction of sp³-hybridized carbons (Fsp3) is 0.375. The minimum atomic E-state index is -1.35. The number of hydrogen-bond donors (Lipinski definition) is 1. The van der Waals surface area contributed by atoms with Crippen LogP contribution in [0, 0.1) is 28.9 Å². The van der Waals surface area contributed by atoms with E-state index in [-0.39, 0.29) is 29.1 Å². The summed E-state index contributed by atoms with van der Waals surface area (Å²) in [5.41, 5.74) is 0.567. The first-order valence-electron chi connectivity index (χ1n) is 11.3. The van der Waals surface area contributed by atoms with Crippen LogP contribution in [0.5, 0.6) is 5.75 Å². The largest absolute Gasteiger partial charge is 0.494 e. The molecule has 10 nitrogen and oxygen atoms in total. The molecule has 0 radical (unpaired) electrons. The van der Waals surface area contributed by atoms with Gasteiger partial charge in [-0.25, -0.2) is 4.90 Å². The van der Waals surface area contributed by atoms with Crippen molar-refractivity contribution in [3.8, 4) is 5.75 Å². The summed E-state index contributed by atoms with van der Waals surface area (Å²) in [4.78, 5) is 55.4. The van der Waals surface area contributed by atoms with Gasteiger partial charge in [-0.1, -0.05) is 11.6 Å². The maximum Gasteiger partial charge on any atom is 0.273 e. The number of amides is 3. The lowest BCUT2D eigenvalue weighted by molar-refractivity contribution is -0.384. The van der Waals surface area contributed by atoms with Gasteiger partial charge >= 0.3 is 0 Å². The van der Waals surface area contributed by atoms with E-state index in [4.69, 9.17) is 16.3 Å². The first-order chi connectivity index (χ1) is 16.7. The number of rotatable bonds is 3. The normalized spacial score (nSPS) is 28.9. The number of nitrogens with zero attached hydrogens (tertiary/aromatic N) is 3. The number of nitrogens with one attached hydrogen (secondary N) is 1. The molecule has 4 aliphatic heterocycles. The summed E-state index contributed by atoms with van der Waals surface area (Å²) in [7, 11) is 1.32. The number of non-ortho nitro benzene ring substituents is 1. The quantitative estimate of drug-likeness (QED) is 0.393. The molecule has 0 bridgehead atoms. The lowest BCUT2D eigenvalue weighted by atomic mass is 9.75. The number of benzene rings is 2. The summed E-state index contributed by atoms with van der Waals surface area (Å²) in [6, 6.07) is 6.93. The highest BCUT2D eigenvalue weighted by Crippen LogP contribution is 2.61. The minimum absolute atomic E-state index is 0.0355. The van der Waals surface area contributed by atoms with Crippen LogP contribution in [0.4, 0.5) is 17.1 Å². The molecule has 0 aliphatic carbocycles. The summed E-state index contributed by atoms with van der Waals surface area (Å²) in [5.74, 6) is -2.95. The zero-order valence-corrected chi connectivity index (χ0v) is 19.7. The molecule has 3 amide bonds. The Morgan fingerprint density at radius 3 is 2.69 bits per heavy atom. The fourth-order valence-electron chi connectivity index (χ4n) is 6.64. The Morgan fingerprint density at radius 1 is 1.20 bits per heavy atom. The summed E-state index contributed by atoms with van der Waals surface area (Å²) in [6.45, 7) is 2.42. The molecule has 3 saturated heterocycles. The van der Waals surface area contributed by atoms with Gasteiger partial charge in [0, 0.05) is 28.4 Å². The van der Waals surface area contributed by atoms with Crippen LogP contribution in [0.25, 0.3) is 0 Å². The number of fused-ring (bicyclic) bond motifs is 7. The molecule has 4 heterocycles. The molecule has 180 valence electrons. The highest BCUT2D eigenvalue weighted by molar-refractivity contribution is 6.31. The standard InChI is InChI=1S/C24H21ClN4O6/c1-11-8-12(25)9-14-20(11)26-23(32)24(14)19-18(16-4-3-7-27(16)24)21(30)28(22(19)31)15-6-5-13(29(33)34)10-17(15)35-2/h5-6,8-10,16,18-19H,3-4,7H2,1-2H3,(H,26,32)/t16-,18-,19-,24+/m1/s1. The molecule has 35 heavy (non-hydrogen) atoms. The number of halogens is 1. The summed E-state index contributed by atoms with van der Waals surface area (Å²) >= 11 is 6.40. The molecule has 1 N–H and O–H groups in total. The van der Waals surface area contributed by atoms with E-state index >= 15 is 0 Å². The van der Waals surface area contributed by atoms with Crippen LogP contribution in [-0.4, -0.2) is 47.2 Å². The highest BCUT2D eigenvalue weighted by Gasteiger charge is 2.75. The highest BCUT2D eigenvalue weighted by atomic mass is 35.5. The SMILES string of the molecule is COc1cc([N+](=O)[O-])ccc1N1C(=O)[C@@H]2[C@H]3CCCN3[C@]3(C(=O)Nc4c(C)cc(Cl)cc43)[C@H]2C1=O. The lowest BCUT2D eigenvalue weighted by Gasteiger charge is -2.36. The molecule has 3 fully saturated rings. The molecule has 2 aromatic carbocycles. The van der Waals surface area contributed by atoms with E-state index in [1.807, 2.05) is 11.8 Å². The van der Waals surface area contributed by atoms with E-state index in [9.17, 15) is 24.5 Å². The van der Waals surface area contributed by atoms with Crippen molar-refractivity contribution in [1.29, 1.82) is 0 Å². The number of methoxy groups -OCH3 is 1. The average molecular weight is 497 g/mol. The van der Waals surface area contributed by atoms with Crippen molar-refractivity contribution >= 4 is 46.4 Å². The second-order valence-corrected chi connectivity index (χ2v) is 9.83. The Labute approximate surface area is 204 Å². The van der Waals surface area contributed by atoms with Crippen molar-refractivity contribution in [2.45, 2.75) is 31.3 Å². The third-order valence-electron chi connectivity index (χ3n) is 7.88. The van der Waals surface area contributed by atoms with Gasteiger partial charge in [-0.2, -0.15) is 0 Å². The average Bonchev–Trinajstić information content (AvgIpc) is 3.52.